The molecule has 0 aliphatic heterocycles. The van der Waals surface area contributed by atoms with E-state index in [9.17, 15) is 0 Å². The van der Waals surface area contributed by atoms with Crippen molar-refractivity contribution in [1.82, 2.24) is 20.1 Å². The summed E-state index contributed by atoms with van der Waals surface area (Å²) in [4.78, 5) is 12.5. The van der Waals surface area contributed by atoms with E-state index < -0.39 is 0 Å². The minimum atomic E-state index is 0.329. The van der Waals surface area contributed by atoms with Crippen molar-refractivity contribution in [3.05, 3.63) is 47.9 Å². The highest BCUT2D eigenvalue weighted by Gasteiger charge is 2.13. The maximum atomic E-state index is 7.62. The fourth-order valence-electron chi connectivity index (χ4n) is 2.35. The number of aromatic nitrogens is 4. The average molecular weight is 307 g/mol. The smallest absolute Gasteiger partial charge is 0.278 e. The predicted octanol–water partition coefficient (Wildman–Crippen LogP) is 3.39. The quantitative estimate of drug-likeness (QED) is 0.730. The van der Waals surface area contributed by atoms with Gasteiger partial charge in [-0.05, 0) is 29.5 Å². The van der Waals surface area contributed by atoms with E-state index in [-0.39, 0.29) is 0 Å². The topological polar surface area (TPSA) is 88.6 Å². The molecule has 3 aromatic rings. The Labute approximate surface area is 134 Å². The molecular weight excluding hydrogens is 290 g/mol. The molecule has 0 fully saturated rings. The van der Waals surface area contributed by atoms with Gasteiger partial charge in [0.15, 0.2) is 0 Å². The molecule has 0 bridgehead atoms. The second-order valence-corrected chi connectivity index (χ2v) is 5.67. The Morgan fingerprint density at radius 3 is 2.83 bits per heavy atom. The van der Waals surface area contributed by atoms with Crippen LogP contribution in [0.4, 0.5) is 0 Å². The summed E-state index contributed by atoms with van der Waals surface area (Å²) in [5.41, 5.74) is 3.38. The summed E-state index contributed by atoms with van der Waals surface area (Å²) in [6.07, 6.45) is 7.04. The zero-order valence-corrected chi connectivity index (χ0v) is 13.0. The lowest BCUT2D eigenvalue weighted by atomic mass is 9.96. The number of hydrogen-bond donors (Lipinski definition) is 1. The molecule has 116 valence electrons. The Morgan fingerprint density at radius 2 is 2.13 bits per heavy atom. The molecule has 0 atom stereocenters. The lowest BCUT2D eigenvalue weighted by Gasteiger charge is -2.09. The molecule has 2 aromatic heterocycles. The molecular formula is C17H17N5O. The Bertz CT molecular complexity index is 811. The van der Waals surface area contributed by atoms with E-state index in [2.05, 4.69) is 34.0 Å². The number of nitrogens with zero attached hydrogens (tertiary/aromatic N) is 4. The van der Waals surface area contributed by atoms with E-state index in [1.54, 1.807) is 18.6 Å². The minimum Gasteiger partial charge on any atom is -0.332 e. The van der Waals surface area contributed by atoms with Gasteiger partial charge >= 0.3 is 0 Å². The molecule has 1 aromatic carbocycles. The van der Waals surface area contributed by atoms with E-state index in [1.807, 2.05) is 18.2 Å². The van der Waals surface area contributed by atoms with Crippen LogP contribution in [0.25, 0.3) is 23.0 Å². The first-order chi connectivity index (χ1) is 11.2. The maximum absolute atomic E-state index is 7.62. The first-order valence-corrected chi connectivity index (χ1v) is 7.41. The predicted molar refractivity (Wildman–Crippen MR) is 87.2 cm³/mol. The number of benzene rings is 1. The Morgan fingerprint density at radius 1 is 1.26 bits per heavy atom. The van der Waals surface area contributed by atoms with Crippen LogP contribution in [0, 0.1) is 11.3 Å². The largest absolute Gasteiger partial charge is 0.332 e. The van der Waals surface area contributed by atoms with Crippen LogP contribution >= 0.6 is 0 Å². The van der Waals surface area contributed by atoms with Crippen LogP contribution in [0.2, 0.25) is 0 Å². The van der Waals surface area contributed by atoms with Gasteiger partial charge in [0.2, 0.25) is 5.82 Å². The molecule has 0 saturated carbocycles. The van der Waals surface area contributed by atoms with Crippen molar-refractivity contribution in [2.45, 2.75) is 20.3 Å². The third kappa shape index (κ3) is 3.31. The van der Waals surface area contributed by atoms with Crippen molar-refractivity contribution in [2.75, 3.05) is 0 Å². The van der Waals surface area contributed by atoms with E-state index in [0.717, 1.165) is 23.1 Å². The number of hydrogen-bond acceptors (Lipinski definition) is 6. The molecule has 0 spiro atoms. The summed E-state index contributed by atoms with van der Waals surface area (Å²) < 4.78 is 5.25. The average Bonchev–Trinajstić information content (AvgIpc) is 3.05. The normalized spacial score (nSPS) is 10.9. The van der Waals surface area contributed by atoms with E-state index in [0.29, 0.717) is 23.3 Å². The summed E-state index contributed by atoms with van der Waals surface area (Å²) in [6.45, 7) is 4.32. The van der Waals surface area contributed by atoms with Gasteiger partial charge in [0, 0.05) is 24.2 Å². The molecule has 0 amide bonds. The van der Waals surface area contributed by atoms with Gasteiger partial charge in [0.05, 0.1) is 6.20 Å². The van der Waals surface area contributed by atoms with Gasteiger partial charge in [-0.15, -0.1) is 0 Å². The second kappa shape index (κ2) is 6.48. The van der Waals surface area contributed by atoms with Crippen molar-refractivity contribution in [2.24, 2.45) is 5.92 Å². The highest BCUT2D eigenvalue weighted by molar-refractivity contribution is 5.82. The van der Waals surface area contributed by atoms with Crippen molar-refractivity contribution in [3.63, 3.8) is 0 Å². The highest BCUT2D eigenvalue weighted by atomic mass is 16.5. The lowest BCUT2D eigenvalue weighted by Crippen LogP contribution is -1.99. The summed E-state index contributed by atoms with van der Waals surface area (Å²) in [5, 5.41) is 11.6. The third-order valence-electron chi connectivity index (χ3n) is 3.40. The van der Waals surface area contributed by atoms with Crippen LogP contribution in [-0.4, -0.2) is 26.3 Å². The van der Waals surface area contributed by atoms with Gasteiger partial charge in [-0.2, -0.15) is 4.98 Å². The molecule has 3 rings (SSSR count). The summed E-state index contributed by atoms with van der Waals surface area (Å²) >= 11 is 0. The Hall–Kier alpha value is -2.89. The first kappa shape index (κ1) is 15.0. The lowest BCUT2D eigenvalue weighted by molar-refractivity contribution is 0.431. The molecule has 0 radical (unpaired) electrons. The Kier molecular flexibility index (Phi) is 4.23. The molecule has 2 heterocycles. The monoisotopic (exact) mass is 307 g/mol. The molecule has 0 saturated heterocycles. The van der Waals surface area contributed by atoms with Crippen LogP contribution in [0.3, 0.4) is 0 Å². The SMILES string of the molecule is CC(C)Cc1ccc(-c2noc(-c3cnccn3)n2)cc1C=N. The van der Waals surface area contributed by atoms with Crippen LogP contribution in [0.1, 0.15) is 25.0 Å². The summed E-state index contributed by atoms with van der Waals surface area (Å²) in [6, 6.07) is 5.89. The van der Waals surface area contributed by atoms with Crippen LogP contribution in [0.15, 0.2) is 41.3 Å². The molecule has 0 aliphatic rings. The zero-order chi connectivity index (χ0) is 16.2. The van der Waals surface area contributed by atoms with Gasteiger partial charge in [0.25, 0.3) is 5.89 Å². The number of nitrogens with one attached hydrogen (secondary N) is 1. The maximum Gasteiger partial charge on any atom is 0.278 e. The second-order valence-electron chi connectivity index (χ2n) is 5.67. The molecule has 0 aliphatic carbocycles. The van der Waals surface area contributed by atoms with E-state index in [4.69, 9.17) is 9.93 Å². The fraction of sp³-hybridized carbons (Fsp3) is 0.235. The van der Waals surface area contributed by atoms with Crippen molar-refractivity contribution >= 4 is 6.21 Å². The molecule has 6 heteroatoms. The van der Waals surface area contributed by atoms with E-state index >= 15 is 0 Å². The first-order valence-electron chi connectivity index (χ1n) is 7.41. The Balaban J connectivity index is 1.93. The van der Waals surface area contributed by atoms with Gasteiger partial charge in [-0.25, -0.2) is 4.98 Å². The van der Waals surface area contributed by atoms with Crippen LogP contribution < -0.4 is 0 Å². The van der Waals surface area contributed by atoms with Gasteiger partial charge in [-0.1, -0.05) is 31.1 Å². The van der Waals surface area contributed by atoms with Gasteiger partial charge in [0.1, 0.15) is 5.69 Å². The van der Waals surface area contributed by atoms with Gasteiger partial charge < -0.3 is 9.93 Å². The van der Waals surface area contributed by atoms with Crippen LogP contribution in [0.5, 0.6) is 0 Å². The van der Waals surface area contributed by atoms with Gasteiger partial charge in [-0.3, -0.25) is 4.98 Å². The fourth-order valence-corrected chi connectivity index (χ4v) is 2.35. The van der Waals surface area contributed by atoms with Crippen molar-refractivity contribution < 1.29 is 4.52 Å². The highest BCUT2D eigenvalue weighted by Crippen LogP contribution is 2.23. The molecule has 6 nitrogen and oxygen atoms in total. The third-order valence-corrected chi connectivity index (χ3v) is 3.40. The zero-order valence-electron chi connectivity index (χ0n) is 13.0. The molecule has 0 unspecified atom stereocenters. The molecule has 23 heavy (non-hydrogen) atoms. The summed E-state index contributed by atoms with van der Waals surface area (Å²) in [7, 11) is 0. The van der Waals surface area contributed by atoms with E-state index in [1.165, 1.54) is 6.21 Å². The minimum absolute atomic E-state index is 0.329. The summed E-state index contributed by atoms with van der Waals surface area (Å²) in [5.74, 6) is 1.34. The van der Waals surface area contributed by atoms with Crippen molar-refractivity contribution in [1.29, 1.82) is 5.41 Å². The molecule has 1 N–H and O–H groups in total. The standard InChI is InChI=1S/C17H17N5O/c1-11(2)7-12-3-4-13(8-14(12)9-18)16-21-17(23-22-16)15-10-19-5-6-20-15/h3-6,8-11,18H,7H2,1-2H3. The van der Waals surface area contributed by atoms with Crippen molar-refractivity contribution in [3.8, 4) is 23.0 Å². The van der Waals surface area contributed by atoms with Crippen LogP contribution in [-0.2, 0) is 6.42 Å². The number of rotatable bonds is 5.